The third kappa shape index (κ3) is 6.81. The van der Waals surface area contributed by atoms with Gasteiger partial charge in [-0.1, -0.05) is 42.1 Å². The summed E-state index contributed by atoms with van der Waals surface area (Å²) in [6.07, 6.45) is 0.474. The molecule has 45 heavy (non-hydrogen) atoms. The van der Waals surface area contributed by atoms with Gasteiger partial charge < -0.3 is 10.1 Å². The summed E-state index contributed by atoms with van der Waals surface area (Å²) in [6, 6.07) is 24.7. The Balaban J connectivity index is 1.25. The minimum absolute atomic E-state index is 0.0303. The fraction of sp³-hybridized carbons (Fsp3) is 0.182. The second kappa shape index (κ2) is 13.4. The Bertz CT molecular complexity index is 1840. The van der Waals surface area contributed by atoms with Crippen molar-refractivity contribution in [1.29, 1.82) is 0 Å². The van der Waals surface area contributed by atoms with Crippen LogP contribution in [-0.4, -0.2) is 50.2 Å². The van der Waals surface area contributed by atoms with Gasteiger partial charge in [-0.15, -0.1) is 21.5 Å². The fourth-order valence-electron chi connectivity index (χ4n) is 5.02. The van der Waals surface area contributed by atoms with Crippen molar-refractivity contribution in [1.82, 2.24) is 25.1 Å². The molecule has 0 saturated heterocycles. The zero-order chi connectivity index (χ0) is 31.3. The first-order valence-corrected chi connectivity index (χ1v) is 16.0. The van der Waals surface area contributed by atoms with Crippen LogP contribution >= 0.6 is 23.1 Å². The predicted molar refractivity (Wildman–Crippen MR) is 172 cm³/mol. The molecule has 1 N–H and O–H groups in total. The van der Waals surface area contributed by atoms with Gasteiger partial charge in [0.25, 0.3) is 11.8 Å². The van der Waals surface area contributed by atoms with Gasteiger partial charge in [-0.05, 0) is 83.6 Å². The number of ether oxygens (including phenoxy) is 1. The van der Waals surface area contributed by atoms with Crippen molar-refractivity contribution in [2.75, 3.05) is 12.9 Å². The summed E-state index contributed by atoms with van der Waals surface area (Å²) < 4.78 is 20.9. The molecule has 1 atom stereocenters. The van der Waals surface area contributed by atoms with Crippen LogP contribution in [0, 0.1) is 12.7 Å². The van der Waals surface area contributed by atoms with E-state index in [1.165, 1.54) is 40.2 Å². The van der Waals surface area contributed by atoms with E-state index in [1.54, 1.807) is 25.3 Å². The number of rotatable bonds is 10. The van der Waals surface area contributed by atoms with Gasteiger partial charge in [0, 0.05) is 12.1 Å². The molecular formula is C33H29FN6O3S2. The normalized spacial score (nSPS) is 14.3. The average molecular weight is 641 g/mol. The molecule has 6 rings (SSSR count). The third-order valence-corrected chi connectivity index (χ3v) is 9.06. The van der Waals surface area contributed by atoms with Gasteiger partial charge in [0.2, 0.25) is 0 Å². The van der Waals surface area contributed by atoms with Gasteiger partial charge in [-0.2, -0.15) is 5.10 Å². The molecule has 5 aromatic rings. The summed E-state index contributed by atoms with van der Waals surface area (Å²) in [5, 5.41) is 20.3. The highest BCUT2D eigenvalue weighted by atomic mass is 32.2. The molecule has 1 aliphatic rings. The Kier molecular flexibility index (Phi) is 9.03. The summed E-state index contributed by atoms with van der Waals surface area (Å²) in [5.41, 5.74) is 4.27. The summed E-state index contributed by atoms with van der Waals surface area (Å²) in [4.78, 5) is 27.0. The second-order valence-electron chi connectivity index (χ2n) is 10.3. The Hall–Kier alpha value is -4.81. The molecule has 12 heteroatoms. The minimum atomic E-state index is -0.395. The summed E-state index contributed by atoms with van der Waals surface area (Å²) in [5.74, 6) is 0.511. The van der Waals surface area contributed by atoms with E-state index in [-0.39, 0.29) is 29.9 Å². The van der Waals surface area contributed by atoms with Gasteiger partial charge in [0.15, 0.2) is 11.0 Å². The molecule has 0 radical (unpaired) electrons. The lowest BCUT2D eigenvalue weighted by Crippen LogP contribution is -2.28. The maximum atomic E-state index is 13.8. The number of carbonyl (C=O) groups excluding carboxylic acids is 2. The molecule has 3 aromatic carbocycles. The number of aromatic nitrogens is 3. The van der Waals surface area contributed by atoms with Crippen molar-refractivity contribution in [2.24, 2.45) is 5.10 Å². The molecule has 0 bridgehead atoms. The molecule has 0 fully saturated rings. The van der Waals surface area contributed by atoms with Crippen molar-refractivity contribution in [3.8, 4) is 11.4 Å². The highest BCUT2D eigenvalue weighted by molar-refractivity contribution is 7.99. The largest absolute Gasteiger partial charge is 0.497 e. The van der Waals surface area contributed by atoms with Crippen molar-refractivity contribution in [3.05, 3.63) is 124 Å². The van der Waals surface area contributed by atoms with Crippen LogP contribution in [0.15, 0.2) is 101 Å². The third-order valence-electron chi connectivity index (χ3n) is 7.28. The van der Waals surface area contributed by atoms with Gasteiger partial charge in [0.05, 0.1) is 36.0 Å². The summed E-state index contributed by atoms with van der Waals surface area (Å²) in [6.45, 7) is 2.14. The lowest BCUT2D eigenvalue weighted by atomic mass is 9.98. The SMILES string of the molecule is COc1ccc(C2=NN(C(=O)CSc3nnc(CNC(=O)c4cccs4)n3-c3cccc(C)c3)[C@@H](c3ccc(F)cc3)C2)cc1. The second-order valence-corrected chi connectivity index (χ2v) is 12.2. The van der Waals surface area contributed by atoms with Crippen LogP contribution in [-0.2, 0) is 11.3 Å². The van der Waals surface area contributed by atoms with E-state index in [4.69, 9.17) is 9.84 Å². The lowest BCUT2D eigenvalue weighted by Gasteiger charge is -2.22. The first kappa shape index (κ1) is 30.2. The number of halogens is 1. The standard InChI is InChI=1S/C33H29FN6O3S2/c1-21-5-3-6-25(17-21)39-30(19-35-32(42)29-7-4-16-44-29)36-37-33(39)45-20-31(41)40-28(23-8-12-24(34)13-9-23)18-27(38-40)22-10-14-26(43-2)15-11-22/h3-17,28H,18-20H2,1-2H3,(H,35,42)/t28-/m1/s1. The van der Waals surface area contributed by atoms with E-state index in [1.807, 2.05) is 71.5 Å². The number of hydrogen-bond acceptors (Lipinski definition) is 8. The van der Waals surface area contributed by atoms with Gasteiger partial charge in [-0.25, -0.2) is 9.40 Å². The maximum absolute atomic E-state index is 13.8. The van der Waals surface area contributed by atoms with E-state index in [2.05, 4.69) is 15.5 Å². The van der Waals surface area contributed by atoms with Crippen LogP contribution in [0.1, 0.15) is 44.6 Å². The number of hydrazone groups is 1. The Labute approximate surface area is 267 Å². The molecule has 1 aliphatic heterocycles. The smallest absolute Gasteiger partial charge is 0.261 e. The number of methoxy groups -OCH3 is 1. The maximum Gasteiger partial charge on any atom is 0.261 e. The predicted octanol–water partition coefficient (Wildman–Crippen LogP) is 6.18. The molecular weight excluding hydrogens is 612 g/mol. The first-order chi connectivity index (χ1) is 21.9. The molecule has 0 unspecified atom stereocenters. The molecule has 0 saturated carbocycles. The van der Waals surface area contributed by atoms with E-state index in [0.717, 1.165) is 33.8 Å². The van der Waals surface area contributed by atoms with E-state index in [0.29, 0.717) is 22.3 Å². The highest BCUT2D eigenvalue weighted by Crippen LogP contribution is 2.34. The van der Waals surface area contributed by atoms with Crippen LogP contribution in [0.4, 0.5) is 4.39 Å². The number of thioether (sulfide) groups is 1. The van der Waals surface area contributed by atoms with E-state index < -0.39 is 6.04 Å². The number of carbonyl (C=O) groups is 2. The Morgan fingerprint density at radius 2 is 1.84 bits per heavy atom. The van der Waals surface area contributed by atoms with Crippen LogP contribution in [0.2, 0.25) is 0 Å². The molecule has 228 valence electrons. The molecule has 2 aromatic heterocycles. The molecule has 2 amide bonds. The van der Waals surface area contributed by atoms with E-state index >= 15 is 0 Å². The van der Waals surface area contributed by atoms with Crippen LogP contribution in [0.25, 0.3) is 5.69 Å². The number of nitrogens with zero attached hydrogens (tertiary/aromatic N) is 5. The first-order valence-electron chi connectivity index (χ1n) is 14.1. The van der Waals surface area contributed by atoms with Crippen LogP contribution in [0.5, 0.6) is 5.75 Å². The zero-order valence-corrected chi connectivity index (χ0v) is 26.1. The Morgan fingerprint density at radius 1 is 1.04 bits per heavy atom. The zero-order valence-electron chi connectivity index (χ0n) is 24.5. The number of thiophene rings is 1. The number of benzene rings is 3. The van der Waals surface area contributed by atoms with Crippen LogP contribution in [0.3, 0.4) is 0 Å². The quantitative estimate of drug-likeness (QED) is 0.183. The molecule has 9 nitrogen and oxygen atoms in total. The number of hydrogen-bond donors (Lipinski definition) is 1. The number of nitrogens with one attached hydrogen (secondary N) is 1. The van der Waals surface area contributed by atoms with Crippen molar-refractivity contribution in [2.45, 2.75) is 31.1 Å². The monoisotopic (exact) mass is 640 g/mol. The van der Waals surface area contributed by atoms with Crippen molar-refractivity contribution in [3.63, 3.8) is 0 Å². The van der Waals surface area contributed by atoms with Gasteiger partial charge in [0.1, 0.15) is 11.6 Å². The van der Waals surface area contributed by atoms with Crippen molar-refractivity contribution < 1.29 is 18.7 Å². The number of aryl methyl sites for hydroxylation is 1. The summed E-state index contributed by atoms with van der Waals surface area (Å²) in [7, 11) is 1.61. The summed E-state index contributed by atoms with van der Waals surface area (Å²) >= 11 is 2.60. The van der Waals surface area contributed by atoms with Crippen molar-refractivity contribution >= 4 is 40.6 Å². The molecule has 0 aliphatic carbocycles. The van der Waals surface area contributed by atoms with Crippen LogP contribution < -0.4 is 10.1 Å². The lowest BCUT2D eigenvalue weighted by molar-refractivity contribution is -0.130. The molecule has 3 heterocycles. The molecule has 0 spiro atoms. The van der Waals surface area contributed by atoms with E-state index in [9.17, 15) is 14.0 Å². The fourth-order valence-corrected chi connectivity index (χ4v) is 6.49. The van der Waals surface area contributed by atoms with Gasteiger partial charge in [-0.3, -0.25) is 14.2 Å². The number of amides is 2. The highest BCUT2D eigenvalue weighted by Gasteiger charge is 2.33. The minimum Gasteiger partial charge on any atom is -0.497 e. The topological polar surface area (TPSA) is 102 Å². The average Bonchev–Trinajstić information content (AvgIpc) is 3.83. The van der Waals surface area contributed by atoms with Gasteiger partial charge >= 0.3 is 0 Å². The Morgan fingerprint density at radius 3 is 2.56 bits per heavy atom.